The smallest absolute Gasteiger partial charge is 0.367 e. The second-order valence-corrected chi connectivity index (χ2v) is 5.22. The van der Waals surface area contributed by atoms with Gasteiger partial charge < -0.3 is 10.6 Å². The van der Waals surface area contributed by atoms with Crippen molar-refractivity contribution in [3.05, 3.63) is 49.6 Å². The van der Waals surface area contributed by atoms with E-state index in [0.29, 0.717) is 16.1 Å². The summed E-state index contributed by atoms with van der Waals surface area (Å²) in [6.45, 7) is 0. The van der Waals surface area contributed by atoms with Crippen molar-refractivity contribution in [3.8, 4) is 10.4 Å². The fourth-order valence-corrected chi connectivity index (χ4v) is 3.28. The Morgan fingerprint density at radius 2 is 1.85 bits per heavy atom. The molecule has 1 heterocycles. The maximum Gasteiger partial charge on any atom is 0.367 e. The second kappa shape index (κ2) is 4.26. The van der Waals surface area contributed by atoms with E-state index in [1.165, 1.54) is 0 Å². The topological polar surface area (TPSA) is 112 Å². The lowest BCUT2D eigenvalue weighted by Crippen LogP contribution is -2.31. The van der Waals surface area contributed by atoms with Gasteiger partial charge in [0.2, 0.25) is 10.9 Å². The van der Waals surface area contributed by atoms with E-state index in [0.717, 1.165) is 11.3 Å². The largest absolute Gasteiger partial charge is 0.399 e. The molecule has 2 aromatic carbocycles. The molecule has 0 saturated carbocycles. The van der Waals surface area contributed by atoms with Gasteiger partial charge in [-0.15, -0.1) is 11.3 Å². The van der Waals surface area contributed by atoms with E-state index in [9.17, 15) is 14.4 Å². The Labute approximate surface area is 115 Å². The number of benzene rings is 1. The Kier molecular flexibility index (Phi) is 2.66. The summed E-state index contributed by atoms with van der Waals surface area (Å²) in [5.74, 6) is 4.01. The minimum absolute atomic E-state index is 0.0459. The zero-order valence-electron chi connectivity index (χ0n) is 10.0. The fraction of sp³-hybridized carbons (Fsp3) is 0. The molecule has 0 aliphatic heterocycles. The predicted molar refractivity (Wildman–Crippen MR) is 76.2 cm³/mol. The van der Waals surface area contributed by atoms with Crippen LogP contribution < -0.4 is 22.5 Å². The Morgan fingerprint density at radius 1 is 1.15 bits per heavy atom. The van der Waals surface area contributed by atoms with E-state index in [2.05, 4.69) is 4.84 Å². The number of rotatable bonds is 2. The van der Waals surface area contributed by atoms with Gasteiger partial charge in [-0.3, -0.25) is 9.59 Å². The van der Waals surface area contributed by atoms with Crippen molar-refractivity contribution >= 4 is 33.8 Å². The standard InChI is InChI=1S/C13H8N2O4S/c14-6-3-1-2-5(4-6)11-7-8(10(17)9(7)16)12(20-11)13(18)19-15/h1-4H,14-15H2. The van der Waals surface area contributed by atoms with Crippen LogP contribution in [0, 0.1) is 0 Å². The van der Waals surface area contributed by atoms with Crippen LogP contribution >= 0.6 is 11.3 Å². The molecule has 3 aromatic rings. The van der Waals surface area contributed by atoms with Crippen LogP contribution in [0.1, 0.15) is 9.67 Å². The van der Waals surface area contributed by atoms with Gasteiger partial charge in [-0.25, -0.2) is 4.79 Å². The fourth-order valence-electron chi connectivity index (χ4n) is 2.11. The second-order valence-electron chi connectivity index (χ2n) is 4.20. The van der Waals surface area contributed by atoms with Gasteiger partial charge in [0.25, 0.3) is 0 Å². The lowest BCUT2D eigenvalue weighted by atomic mass is 10.0. The summed E-state index contributed by atoms with van der Waals surface area (Å²) in [5.41, 5.74) is 5.59. The van der Waals surface area contributed by atoms with E-state index in [1.807, 2.05) is 0 Å². The van der Waals surface area contributed by atoms with Gasteiger partial charge in [-0.1, -0.05) is 12.1 Å². The third-order valence-electron chi connectivity index (χ3n) is 3.01. The molecule has 0 unspecified atom stereocenters. The summed E-state index contributed by atoms with van der Waals surface area (Å²) < 4.78 is 0. The number of nitrogen functional groups attached to an aromatic ring is 1. The Balaban J connectivity index is 2.33. The van der Waals surface area contributed by atoms with Crippen LogP contribution in [0.4, 0.5) is 5.69 Å². The summed E-state index contributed by atoms with van der Waals surface area (Å²) in [7, 11) is 0. The molecule has 3 rings (SSSR count). The number of hydrogen-bond acceptors (Lipinski definition) is 7. The predicted octanol–water partition coefficient (Wildman–Crippen LogP) is 0.777. The number of anilines is 1. The Bertz CT molecular complexity index is 918. The monoisotopic (exact) mass is 288 g/mol. The van der Waals surface area contributed by atoms with E-state index in [1.54, 1.807) is 24.3 Å². The Morgan fingerprint density at radius 3 is 2.50 bits per heavy atom. The first-order valence-corrected chi connectivity index (χ1v) is 6.39. The van der Waals surface area contributed by atoms with Crippen molar-refractivity contribution in [1.82, 2.24) is 0 Å². The molecular weight excluding hydrogens is 280 g/mol. The maximum atomic E-state index is 11.7. The van der Waals surface area contributed by atoms with Crippen LogP contribution in [-0.2, 0) is 4.84 Å². The molecule has 4 N–H and O–H groups in total. The first kappa shape index (κ1) is 12.5. The van der Waals surface area contributed by atoms with Crippen LogP contribution in [0.3, 0.4) is 0 Å². The lowest BCUT2D eigenvalue weighted by Gasteiger charge is -2.00. The summed E-state index contributed by atoms with van der Waals surface area (Å²) in [4.78, 5) is 39.6. The molecule has 100 valence electrons. The third-order valence-corrected chi connectivity index (χ3v) is 4.23. The summed E-state index contributed by atoms with van der Waals surface area (Å²) in [5, 5.41) is 0.332. The van der Waals surface area contributed by atoms with Crippen molar-refractivity contribution in [3.63, 3.8) is 0 Å². The van der Waals surface area contributed by atoms with Crippen LogP contribution in [0.15, 0.2) is 33.9 Å². The van der Waals surface area contributed by atoms with Gasteiger partial charge in [0, 0.05) is 10.6 Å². The number of thiophene rings is 1. The van der Waals surface area contributed by atoms with Crippen LogP contribution in [0.5, 0.6) is 0 Å². The first-order chi connectivity index (χ1) is 9.54. The van der Waals surface area contributed by atoms with E-state index in [-0.39, 0.29) is 15.6 Å². The molecule has 1 aromatic heterocycles. The van der Waals surface area contributed by atoms with Crippen molar-refractivity contribution in [1.29, 1.82) is 0 Å². The zero-order chi connectivity index (χ0) is 14.4. The van der Waals surface area contributed by atoms with Crippen molar-refractivity contribution < 1.29 is 9.63 Å². The summed E-state index contributed by atoms with van der Waals surface area (Å²) in [6.07, 6.45) is 0. The number of carbonyl (C=O) groups excluding carboxylic acids is 1. The molecule has 0 aliphatic carbocycles. The van der Waals surface area contributed by atoms with Crippen molar-refractivity contribution in [2.24, 2.45) is 5.90 Å². The van der Waals surface area contributed by atoms with Gasteiger partial charge >= 0.3 is 5.97 Å². The van der Waals surface area contributed by atoms with E-state index < -0.39 is 16.8 Å². The molecule has 0 radical (unpaired) electrons. The molecule has 0 spiro atoms. The number of hydrogen-bond donors (Lipinski definition) is 2. The summed E-state index contributed by atoms with van der Waals surface area (Å²) in [6, 6.07) is 6.84. The highest BCUT2D eigenvalue weighted by molar-refractivity contribution is 7.19. The molecule has 0 saturated heterocycles. The highest BCUT2D eigenvalue weighted by Gasteiger charge is 2.28. The molecule has 0 bridgehead atoms. The molecule has 0 atom stereocenters. The maximum absolute atomic E-state index is 11.7. The first-order valence-electron chi connectivity index (χ1n) is 5.57. The Hall–Kier alpha value is -2.51. The van der Waals surface area contributed by atoms with Gasteiger partial charge in [0.05, 0.1) is 10.8 Å². The zero-order valence-corrected chi connectivity index (χ0v) is 10.8. The molecule has 0 fully saturated rings. The van der Waals surface area contributed by atoms with Gasteiger partial charge in [-0.05, 0) is 17.7 Å². The average molecular weight is 288 g/mol. The van der Waals surface area contributed by atoms with Gasteiger partial charge in [0.1, 0.15) is 4.88 Å². The minimum Gasteiger partial charge on any atom is -0.399 e. The highest BCUT2D eigenvalue weighted by atomic mass is 32.1. The van der Waals surface area contributed by atoms with Crippen molar-refractivity contribution in [2.45, 2.75) is 0 Å². The average Bonchev–Trinajstić information content (AvgIpc) is 2.82. The van der Waals surface area contributed by atoms with Crippen molar-refractivity contribution in [2.75, 3.05) is 5.73 Å². The summed E-state index contributed by atoms with van der Waals surface area (Å²) >= 11 is 0.999. The van der Waals surface area contributed by atoms with Crippen LogP contribution in [0.25, 0.3) is 21.2 Å². The van der Waals surface area contributed by atoms with Gasteiger partial charge in [-0.2, -0.15) is 5.90 Å². The molecule has 0 amide bonds. The molecule has 6 nitrogen and oxygen atoms in total. The van der Waals surface area contributed by atoms with E-state index >= 15 is 0 Å². The normalized spacial score (nSPS) is 11.1. The number of nitrogens with two attached hydrogens (primary N) is 2. The quantitative estimate of drug-likeness (QED) is 0.409. The number of fused-ring (bicyclic) bond motifs is 1. The number of carbonyl (C=O) groups is 1. The SMILES string of the molecule is NOC(=O)c1sc(-c2cccc(N)c2)c2c(=O)c(=O)c12. The highest BCUT2D eigenvalue weighted by Crippen LogP contribution is 2.37. The van der Waals surface area contributed by atoms with Crippen LogP contribution in [-0.4, -0.2) is 5.97 Å². The molecule has 0 aliphatic rings. The van der Waals surface area contributed by atoms with E-state index in [4.69, 9.17) is 11.6 Å². The van der Waals surface area contributed by atoms with Crippen LogP contribution in [0.2, 0.25) is 0 Å². The molecule has 7 heteroatoms. The van der Waals surface area contributed by atoms with Gasteiger partial charge in [0.15, 0.2) is 0 Å². The third kappa shape index (κ3) is 1.57. The molecule has 20 heavy (non-hydrogen) atoms. The minimum atomic E-state index is -0.831. The lowest BCUT2D eigenvalue weighted by molar-refractivity contribution is 0.0511. The molecular formula is C13H8N2O4S.